The van der Waals surface area contributed by atoms with Crippen molar-refractivity contribution in [2.75, 3.05) is 0 Å². The van der Waals surface area contributed by atoms with Gasteiger partial charge in [-0.15, -0.1) is 0 Å². The molecule has 0 unspecified atom stereocenters. The van der Waals surface area contributed by atoms with E-state index in [1.807, 2.05) is 49.6 Å². The number of fused-ring (bicyclic) bond motifs is 1. The summed E-state index contributed by atoms with van der Waals surface area (Å²) in [6.07, 6.45) is -4.36. The van der Waals surface area contributed by atoms with Gasteiger partial charge in [-0.1, -0.05) is 23.8 Å². The first-order valence-corrected chi connectivity index (χ1v) is 7.43. The van der Waals surface area contributed by atoms with Crippen molar-refractivity contribution in [3.63, 3.8) is 0 Å². The topological polar surface area (TPSA) is 17.8 Å². The zero-order valence-corrected chi connectivity index (χ0v) is 13.1. The third kappa shape index (κ3) is 2.83. The lowest BCUT2D eigenvalue weighted by molar-refractivity contribution is -0.137. The highest BCUT2D eigenvalue weighted by molar-refractivity contribution is 5.81. The van der Waals surface area contributed by atoms with Crippen molar-refractivity contribution >= 4 is 11.0 Å². The molecule has 0 saturated carbocycles. The first kappa shape index (κ1) is 15.6. The normalized spacial score (nSPS) is 12.3. The Kier molecular flexibility index (Phi) is 3.66. The van der Waals surface area contributed by atoms with Gasteiger partial charge in [-0.05, 0) is 45.0 Å². The van der Waals surface area contributed by atoms with Gasteiger partial charge in [0.1, 0.15) is 5.82 Å². The zero-order valence-electron chi connectivity index (χ0n) is 13.1. The van der Waals surface area contributed by atoms with Crippen molar-refractivity contribution in [2.45, 2.75) is 33.0 Å². The van der Waals surface area contributed by atoms with Crippen LogP contribution in [0.2, 0.25) is 0 Å². The number of imidazole rings is 1. The Morgan fingerprint density at radius 1 is 1.04 bits per heavy atom. The number of benzene rings is 2. The van der Waals surface area contributed by atoms with E-state index in [-0.39, 0.29) is 6.04 Å². The van der Waals surface area contributed by atoms with Crippen LogP contribution in [0, 0.1) is 6.92 Å². The van der Waals surface area contributed by atoms with E-state index in [2.05, 4.69) is 4.98 Å². The fraction of sp³-hybridized carbons (Fsp3) is 0.278. The molecule has 0 bridgehead atoms. The molecule has 3 aromatic rings. The number of hydrogen-bond acceptors (Lipinski definition) is 1. The maximum Gasteiger partial charge on any atom is 0.416 e. The minimum atomic E-state index is -4.36. The highest BCUT2D eigenvalue weighted by Crippen LogP contribution is 2.34. The predicted molar refractivity (Wildman–Crippen MR) is 85.3 cm³/mol. The van der Waals surface area contributed by atoms with Crippen LogP contribution in [-0.2, 0) is 6.18 Å². The molecular weight excluding hydrogens is 301 g/mol. The zero-order chi connectivity index (χ0) is 16.8. The summed E-state index contributed by atoms with van der Waals surface area (Å²) < 4.78 is 40.7. The number of nitrogens with zero attached hydrogens (tertiary/aromatic N) is 2. The lowest BCUT2D eigenvalue weighted by Crippen LogP contribution is -2.05. The summed E-state index contributed by atoms with van der Waals surface area (Å²) in [6, 6.07) is 11.7. The van der Waals surface area contributed by atoms with Crippen molar-refractivity contribution in [3.8, 4) is 11.4 Å². The Bertz CT molecular complexity index is 860. The predicted octanol–water partition coefficient (Wildman–Crippen LogP) is 5.61. The van der Waals surface area contributed by atoms with Crippen molar-refractivity contribution in [1.29, 1.82) is 0 Å². The van der Waals surface area contributed by atoms with E-state index in [4.69, 9.17) is 0 Å². The average Bonchev–Trinajstić information content (AvgIpc) is 2.84. The molecule has 3 rings (SSSR count). The number of hydrogen-bond donors (Lipinski definition) is 0. The Balaban J connectivity index is 2.27. The Labute approximate surface area is 132 Å². The van der Waals surface area contributed by atoms with E-state index in [1.54, 1.807) is 0 Å². The van der Waals surface area contributed by atoms with Crippen molar-refractivity contribution in [2.24, 2.45) is 0 Å². The van der Waals surface area contributed by atoms with E-state index in [0.29, 0.717) is 16.9 Å². The minimum absolute atomic E-state index is 0.0900. The smallest absolute Gasteiger partial charge is 0.321 e. The van der Waals surface area contributed by atoms with Crippen LogP contribution in [-0.4, -0.2) is 9.55 Å². The Hall–Kier alpha value is -2.30. The third-order valence-electron chi connectivity index (χ3n) is 3.81. The molecule has 5 heteroatoms. The summed E-state index contributed by atoms with van der Waals surface area (Å²) in [5.74, 6) is 0.693. The van der Waals surface area contributed by atoms with Gasteiger partial charge in [0.15, 0.2) is 0 Å². The van der Waals surface area contributed by atoms with Crippen molar-refractivity contribution < 1.29 is 13.2 Å². The third-order valence-corrected chi connectivity index (χ3v) is 3.81. The summed E-state index contributed by atoms with van der Waals surface area (Å²) in [5.41, 5.74) is 2.40. The molecule has 23 heavy (non-hydrogen) atoms. The molecule has 0 aliphatic carbocycles. The summed E-state index contributed by atoms with van der Waals surface area (Å²) in [4.78, 5) is 4.48. The molecule has 0 fully saturated rings. The summed E-state index contributed by atoms with van der Waals surface area (Å²) in [5, 5.41) is 0. The number of aromatic nitrogens is 2. The van der Waals surface area contributed by atoms with Crippen molar-refractivity contribution in [1.82, 2.24) is 9.55 Å². The van der Waals surface area contributed by atoms with Gasteiger partial charge in [-0.25, -0.2) is 4.98 Å². The Morgan fingerprint density at radius 3 is 2.39 bits per heavy atom. The number of halogens is 3. The Morgan fingerprint density at radius 2 is 1.78 bits per heavy atom. The molecule has 0 saturated heterocycles. The highest BCUT2D eigenvalue weighted by atomic mass is 19.4. The number of alkyl halides is 3. The van der Waals surface area contributed by atoms with Crippen LogP contribution in [0.4, 0.5) is 13.2 Å². The molecule has 0 aliphatic heterocycles. The van der Waals surface area contributed by atoms with Gasteiger partial charge in [0.2, 0.25) is 0 Å². The van der Waals surface area contributed by atoms with Crippen LogP contribution in [0.15, 0.2) is 42.5 Å². The first-order chi connectivity index (χ1) is 10.8. The fourth-order valence-corrected chi connectivity index (χ4v) is 2.79. The monoisotopic (exact) mass is 318 g/mol. The molecule has 0 spiro atoms. The van der Waals surface area contributed by atoms with Gasteiger partial charge in [-0.2, -0.15) is 13.2 Å². The highest BCUT2D eigenvalue weighted by Gasteiger charge is 2.31. The van der Waals surface area contributed by atoms with Crippen LogP contribution in [0.25, 0.3) is 22.4 Å². The lowest BCUT2D eigenvalue weighted by Gasteiger charge is -2.13. The van der Waals surface area contributed by atoms with Crippen LogP contribution in [0.3, 0.4) is 0 Å². The molecule has 2 aromatic carbocycles. The second-order valence-electron chi connectivity index (χ2n) is 5.97. The molecule has 0 N–H and O–H groups in total. The first-order valence-electron chi connectivity index (χ1n) is 7.43. The number of aryl methyl sites for hydroxylation is 1. The van der Waals surface area contributed by atoms with Crippen molar-refractivity contribution in [3.05, 3.63) is 53.6 Å². The van der Waals surface area contributed by atoms with Gasteiger partial charge in [0, 0.05) is 11.6 Å². The van der Waals surface area contributed by atoms with Gasteiger partial charge >= 0.3 is 6.18 Å². The largest absolute Gasteiger partial charge is 0.416 e. The van der Waals surface area contributed by atoms with Crippen LogP contribution < -0.4 is 0 Å². The van der Waals surface area contributed by atoms with Gasteiger partial charge in [-0.3, -0.25) is 0 Å². The maximum atomic E-state index is 12.9. The fourth-order valence-electron chi connectivity index (χ4n) is 2.79. The molecule has 120 valence electrons. The molecule has 1 heterocycles. The molecule has 0 amide bonds. The van der Waals surface area contributed by atoms with E-state index >= 15 is 0 Å². The second kappa shape index (κ2) is 5.41. The molecule has 0 atom stereocenters. The molecule has 1 aromatic heterocycles. The summed E-state index contributed by atoms with van der Waals surface area (Å²) in [6.45, 7) is 5.98. The standard InChI is InChI=1S/C18H17F3N2/c1-11(2)23-16-8-7-14(18(19,20)21)10-15(16)22-17(23)13-6-4-5-12(3)9-13/h4-11H,1-3H3. The van der Waals surface area contributed by atoms with Crippen LogP contribution in [0.5, 0.6) is 0 Å². The second-order valence-corrected chi connectivity index (χ2v) is 5.97. The van der Waals surface area contributed by atoms with Crippen LogP contribution >= 0.6 is 0 Å². The summed E-state index contributed by atoms with van der Waals surface area (Å²) in [7, 11) is 0. The molecule has 0 radical (unpaired) electrons. The van der Waals surface area contributed by atoms with E-state index in [0.717, 1.165) is 23.3 Å². The van der Waals surface area contributed by atoms with E-state index in [1.165, 1.54) is 6.07 Å². The van der Waals surface area contributed by atoms with Crippen LogP contribution in [0.1, 0.15) is 31.0 Å². The van der Waals surface area contributed by atoms with Gasteiger partial charge in [0.05, 0.1) is 16.6 Å². The van der Waals surface area contributed by atoms with E-state index in [9.17, 15) is 13.2 Å². The van der Waals surface area contributed by atoms with E-state index < -0.39 is 11.7 Å². The minimum Gasteiger partial charge on any atom is -0.321 e. The lowest BCUT2D eigenvalue weighted by atomic mass is 10.1. The summed E-state index contributed by atoms with van der Waals surface area (Å²) >= 11 is 0. The van der Waals surface area contributed by atoms with Gasteiger partial charge < -0.3 is 4.57 Å². The molecular formula is C18H17F3N2. The molecule has 0 aliphatic rings. The SMILES string of the molecule is Cc1cccc(-c2nc3cc(C(F)(F)F)ccc3n2C(C)C)c1. The quantitative estimate of drug-likeness (QED) is 0.600. The maximum absolute atomic E-state index is 12.9. The molecule has 2 nitrogen and oxygen atoms in total. The number of rotatable bonds is 2. The average molecular weight is 318 g/mol. The van der Waals surface area contributed by atoms with Gasteiger partial charge in [0.25, 0.3) is 0 Å².